The molecule has 2 aliphatic rings. The summed E-state index contributed by atoms with van der Waals surface area (Å²) < 4.78 is 5.49. The molecule has 1 saturated heterocycles. The van der Waals surface area contributed by atoms with Crippen molar-refractivity contribution in [3.63, 3.8) is 0 Å². The molecule has 1 aliphatic heterocycles. The first-order valence-corrected chi connectivity index (χ1v) is 9.44. The van der Waals surface area contributed by atoms with Gasteiger partial charge < -0.3 is 15.2 Å². The predicted molar refractivity (Wildman–Crippen MR) is 89.6 cm³/mol. The average Bonchev–Trinajstić information content (AvgIpc) is 3.16. The van der Waals surface area contributed by atoms with Crippen LogP contribution in [0.5, 0.6) is 0 Å². The van der Waals surface area contributed by atoms with Crippen molar-refractivity contribution >= 4 is 17.7 Å². The Kier molecular flexibility index (Phi) is 4.44. The fourth-order valence-corrected chi connectivity index (χ4v) is 4.42. The Balaban J connectivity index is 1.75. The summed E-state index contributed by atoms with van der Waals surface area (Å²) in [4.78, 5) is 19.0. The Bertz CT molecular complexity index is 575. The van der Waals surface area contributed by atoms with Crippen LogP contribution in [0, 0.1) is 5.41 Å². The van der Waals surface area contributed by atoms with Crippen molar-refractivity contribution in [2.24, 2.45) is 11.1 Å². The standard InChI is InChI=1S/C16H26N4O2S/c1-15(2,3)8-12(21)20-10-23-9-11(20)13-18-14(19-22-13)16(17)6-4-5-7-16/h11H,4-10,17H2,1-3H3. The van der Waals surface area contributed by atoms with Crippen LogP contribution in [0.4, 0.5) is 0 Å². The number of carbonyl (C=O) groups excluding carboxylic acids is 1. The third-order valence-corrected chi connectivity index (χ3v) is 5.56. The monoisotopic (exact) mass is 338 g/mol. The number of aromatic nitrogens is 2. The van der Waals surface area contributed by atoms with Gasteiger partial charge in [0.15, 0.2) is 5.82 Å². The van der Waals surface area contributed by atoms with Gasteiger partial charge in [0.1, 0.15) is 6.04 Å². The largest absolute Gasteiger partial charge is 0.337 e. The molecule has 1 aliphatic carbocycles. The molecule has 7 heteroatoms. The minimum atomic E-state index is -0.451. The second kappa shape index (κ2) is 6.09. The molecule has 1 unspecified atom stereocenters. The predicted octanol–water partition coefficient (Wildman–Crippen LogP) is 2.81. The van der Waals surface area contributed by atoms with Gasteiger partial charge in [0, 0.05) is 12.2 Å². The van der Waals surface area contributed by atoms with Crippen LogP contribution < -0.4 is 5.73 Å². The van der Waals surface area contributed by atoms with Gasteiger partial charge in [-0.2, -0.15) is 4.98 Å². The molecule has 3 rings (SSSR count). The van der Waals surface area contributed by atoms with E-state index in [-0.39, 0.29) is 17.4 Å². The van der Waals surface area contributed by atoms with Gasteiger partial charge in [-0.05, 0) is 18.3 Å². The Morgan fingerprint density at radius 1 is 1.43 bits per heavy atom. The van der Waals surface area contributed by atoms with E-state index in [1.165, 1.54) is 0 Å². The molecule has 128 valence electrons. The molecular formula is C16H26N4O2S. The van der Waals surface area contributed by atoms with Crippen LogP contribution in [0.2, 0.25) is 0 Å². The van der Waals surface area contributed by atoms with Gasteiger partial charge in [0.25, 0.3) is 0 Å². The van der Waals surface area contributed by atoms with Crippen molar-refractivity contribution in [3.8, 4) is 0 Å². The molecule has 1 aromatic heterocycles. The van der Waals surface area contributed by atoms with E-state index < -0.39 is 5.54 Å². The van der Waals surface area contributed by atoms with Crippen LogP contribution in [-0.4, -0.2) is 32.6 Å². The lowest BCUT2D eigenvalue weighted by Gasteiger charge is -2.25. The first-order valence-electron chi connectivity index (χ1n) is 8.29. The lowest BCUT2D eigenvalue weighted by atomic mass is 9.91. The number of nitrogens with two attached hydrogens (primary N) is 1. The summed E-state index contributed by atoms with van der Waals surface area (Å²) in [5, 5.41) is 4.12. The summed E-state index contributed by atoms with van der Waals surface area (Å²) >= 11 is 1.73. The van der Waals surface area contributed by atoms with Gasteiger partial charge >= 0.3 is 0 Å². The molecule has 2 N–H and O–H groups in total. The van der Waals surface area contributed by atoms with E-state index in [1.54, 1.807) is 11.8 Å². The van der Waals surface area contributed by atoms with Crippen LogP contribution in [0.1, 0.15) is 70.6 Å². The number of amides is 1. The molecular weight excluding hydrogens is 312 g/mol. The number of nitrogens with zero attached hydrogens (tertiary/aromatic N) is 3. The highest BCUT2D eigenvalue weighted by Crippen LogP contribution is 2.38. The second-order valence-corrected chi connectivity index (χ2v) is 8.94. The van der Waals surface area contributed by atoms with Gasteiger partial charge in [-0.25, -0.2) is 0 Å². The minimum absolute atomic E-state index is 0.0277. The highest BCUT2D eigenvalue weighted by atomic mass is 32.2. The van der Waals surface area contributed by atoms with Gasteiger partial charge in [-0.15, -0.1) is 11.8 Å². The van der Waals surface area contributed by atoms with Crippen molar-refractivity contribution < 1.29 is 9.32 Å². The van der Waals surface area contributed by atoms with E-state index in [0.29, 0.717) is 24.0 Å². The lowest BCUT2D eigenvalue weighted by molar-refractivity contribution is -0.134. The van der Waals surface area contributed by atoms with Gasteiger partial charge in [0.05, 0.1) is 11.4 Å². The van der Waals surface area contributed by atoms with Gasteiger partial charge in [-0.3, -0.25) is 4.79 Å². The van der Waals surface area contributed by atoms with Gasteiger partial charge in [-0.1, -0.05) is 38.8 Å². The average molecular weight is 338 g/mol. The van der Waals surface area contributed by atoms with E-state index in [9.17, 15) is 4.79 Å². The van der Waals surface area contributed by atoms with Crippen LogP contribution in [-0.2, 0) is 10.3 Å². The molecule has 0 aromatic carbocycles. The summed E-state index contributed by atoms with van der Waals surface area (Å²) in [6, 6.07) is -0.124. The first-order chi connectivity index (χ1) is 10.8. The molecule has 0 spiro atoms. The number of carbonyl (C=O) groups is 1. The molecule has 23 heavy (non-hydrogen) atoms. The first kappa shape index (κ1) is 16.8. The summed E-state index contributed by atoms with van der Waals surface area (Å²) in [6.07, 6.45) is 4.54. The number of rotatable bonds is 3. The SMILES string of the molecule is CC(C)(C)CC(=O)N1CSCC1c1nc(C2(N)CCCC2)no1. The molecule has 0 radical (unpaired) electrons. The van der Waals surface area contributed by atoms with E-state index in [0.717, 1.165) is 31.4 Å². The summed E-state index contributed by atoms with van der Waals surface area (Å²) in [5.41, 5.74) is 5.92. The van der Waals surface area contributed by atoms with Crippen LogP contribution in [0.15, 0.2) is 4.52 Å². The Morgan fingerprint density at radius 2 is 2.13 bits per heavy atom. The van der Waals surface area contributed by atoms with Crippen molar-refractivity contribution in [1.29, 1.82) is 0 Å². The third-order valence-electron chi connectivity index (χ3n) is 4.55. The number of hydrogen-bond acceptors (Lipinski definition) is 6. The summed E-state index contributed by atoms with van der Waals surface area (Å²) in [6.45, 7) is 6.23. The molecule has 1 aromatic rings. The van der Waals surface area contributed by atoms with Crippen molar-refractivity contribution in [2.45, 2.75) is 64.5 Å². The fraction of sp³-hybridized carbons (Fsp3) is 0.812. The zero-order valence-electron chi connectivity index (χ0n) is 14.2. The quantitative estimate of drug-likeness (QED) is 0.912. The maximum atomic E-state index is 12.6. The molecule has 0 bridgehead atoms. The van der Waals surface area contributed by atoms with Crippen LogP contribution in [0.25, 0.3) is 0 Å². The lowest BCUT2D eigenvalue weighted by Crippen LogP contribution is -2.35. The highest BCUT2D eigenvalue weighted by Gasteiger charge is 2.39. The van der Waals surface area contributed by atoms with E-state index in [4.69, 9.17) is 10.3 Å². The van der Waals surface area contributed by atoms with E-state index >= 15 is 0 Å². The summed E-state index contributed by atoms with van der Waals surface area (Å²) in [7, 11) is 0. The molecule has 2 fully saturated rings. The Morgan fingerprint density at radius 3 is 2.78 bits per heavy atom. The van der Waals surface area contributed by atoms with Crippen molar-refractivity contribution in [2.75, 3.05) is 11.6 Å². The van der Waals surface area contributed by atoms with Crippen LogP contribution in [0.3, 0.4) is 0 Å². The van der Waals surface area contributed by atoms with E-state index in [1.807, 2.05) is 4.90 Å². The van der Waals surface area contributed by atoms with Crippen LogP contribution >= 0.6 is 11.8 Å². The smallest absolute Gasteiger partial charge is 0.250 e. The zero-order valence-corrected chi connectivity index (χ0v) is 15.0. The maximum absolute atomic E-state index is 12.6. The summed E-state index contributed by atoms with van der Waals surface area (Å²) in [5.74, 6) is 2.77. The molecule has 1 saturated carbocycles. The normalized spacial score (nSPS) is 24.3. The minimum Gasteiger partial charge on any atom is -0.337 e. The highest BCUT2D eigenvalue weighted by molar-refractivity contribution is 7.99. The molecule has 1 atom stereocenters. The Hall–Kier alpha value is -1.08. The Labute approximate surface area is 141 Å². The molecule has 1 amide bonds. The van der Waals surface area contributed by atoms with Crippen molar-refractivity contribution in [3.05, 3.63) is 11.7 Å². The molecule has 6 nitrogen and oxygen atoms in total. The fourth-order valence-electron chi connectivity index (χ4n) is 3.25. The number of hydrogen-bond donors (Lipinski definition) is 1. The zero-order chi connectivity index (χ0) is 16.7. The molecule has 2 heterocycles. The maximum Gasteiger partial charge on any atom is 0.250 e. The van der Waals surface area contributed by atoms with E-state index in [2.05, 4.69) is 30.9 Å². The second-order valence-electron chi connectivity index (χ2n) is 7.94. The third kappa shape index (κ3) is 3.55. The van der Waals surface area contributed by atoms with Crippen molar-refractivity contribution in [1.82, 2.24) is 15.0 Å². The topological polar surface area (TPSA) is 85.2 Å². The van der Waals surface area contributed by atoms with Gasteiger partial charge in [0.2, 0.25) is 11.8 Å². The number of thioether (sulfide) groups is 1.